The molecule has 0 aromatic heterocycles. The van der Waals surface area contributed by atoms with E-state index in [1.165, 1.54) is 0 Å². The minimum absolute atomic E-state index is 0.0715. The van der Waals surface area contributed by atoms with E-state index in [0.29, 0.717) is 12.1 Å². The third-order valence-electron chi connectivity index (χ3n) is 2.71. The van der Waals surface area contributed by atoms with Gasteiger partial charge in [-0.15, -0.1) is 0 Å². The fourth-order valence-electron chi connectivity index (χ4n) is 1.68. The fraction of sp³-hybridized carbons (Fsp3) is 0.462. The minimum atomic E-state index is 0.0715. The maximum Gasteiger partial charge on any atom is 0.0992 e. The van der Waals surface area contributed by atoms with Crippen LogP contribution in [0.5, 0.6) is 0 Å². The third-order valence-corrected chi connectivity index (χ3v) is 3.34. The molecule has 0 aliphatic carbocycles. The van der Waals surface area contributed by atoms with E-state index in [9.17, 15) is 0 Å². The van der Waals surface area contributed by atoms with Gasteiger partial charge < -0.3 is 10.6 Å². The summed E-state index contributed by atoms with van der Waals surface area (Å²) in [5, 5.41) is 8.82. The van der Waals surface area contributed by atoms with Crippen molar-refractivity contribution in [2.75, 3.05) is 25.0 Å². The normalized spacial score (nSPS) is 11.1. The number of nitriles is 1. The molecule has 0 unspecified atom stereocenters. The highest BCUT2D eigenvalue weighted by Gasteiger charge is 2.19. The fourth-order valence-corrected chi connectivity index (χ4v) is 2.36. The summed E-state index contributed by atoms with van der Waals surface area (Å²) in [6.07, 6.45) is 0. The average molecular weight is 296 g/mol. The van der Waals surface area contributed by atoms with Crippen molar-refractivity contribution in [3.05, 3.63) is 28.2 Å². The Morgan fingerprint density at radius 1 is 1.47 bits per heavy atom. The van der Waals surface area contributed by atoms with E-state index in [0.717, 1.165) is 16.7 Å². The first-order chi connectivity index (χ1) is 7.89. The van der Waals surface area contributed by atoms with E-state index in [1.54, 1.807) is 0 Å². The van der Waals surface area contributed by atoms with Crippen LogP contribution >= 0.6 is 15.9 Å². The van der Waals surface area contributed by atoms with Crippen LogP contribution in [0.25, 0.3) is 0 Å². The Morgan fingerprint density at radius 2 is 2.12 bits per heavy atom. The van der Waals surface area contributed by atoms with Crippen LogP contribution in [0.3, 0.4) is 0 Å². The van der Waals surface area contributed by atoms with E-state index in [1.807, 2.05) is 25.2 Å². The second-order valence-corrected chi connectivity index (χ2v) is 5.86. The van der Waals surface area contributed by atoms with Crippen molar-refractivity contribution in [1.82, 2.24) is 0 Å². The molecule has 0 radical (unpaired) electrons. The quantitative estimate of drug-likeness (QED) is 0.929. The lowest BCUT2D eigenvalue weighted by Crippen LogP contribution is -2.36. The Kier molecular flexibility index (Phi) is 4.55. The van der Waals surface area contributed by atoms with Crippen LogP contribution in [0.4, 0.5) is 5.69 Å². The zero-order valence-electron chi connectivity index (χ0n) is 10.5. The SMILES string of the molecule is CN(CC(C)(C)CN)c1ccc(C#N)cc1Br. The summed E-state index contributed by atoms with van der Waals surface area (Å²) in [5.74, 6) is 0. The van der Waals surface area contributed by atoms with Crippen LogP contribution < -0.4 is 10.6 Å². The Labute approximate surface area is 111 Å². The molecule has 0 bridgehead atoms. The lowest BCUT2D eigenvalue weighted by atomic mass is 9.93. The second kappa shape index (κ2) is 5.52. The van der Waals surface area contributed by atoms with Crippen molar-refractivity contribution in [3.8, 4) is 6.07 Å². The van der Waals surface area contributed by atoms with Crippen LogP contribution in [0.1, 0.15) is 19.4 Å². The molecule has 0 atom stereocenters. The molecule has 3 nitrogen and oxygen atoms in total. The summed E-state index contributed by atoms with van der Waals surface area (Å²) in [7, 11) is 2.03. The number of halogens is 1. The monoisotopic (exact) mass is 295 g/mol. The molecular formula is C13H18BrN3. The van der Waals surface area contributed by atoms with Gasteiger partial charge in [0.25, 0.3) is 0 Å². The maximum absolute atomic E-state index is 8.82. The molecule has 0 aliphatic heterocycles. The number of hydrogen-bond donors (Lipinski definition) is 1. The van der Waals surface area contributed by atoms with Gasteiger partial charge >= 0.3 is 0 Å². The largest absolute Gasteiger partial charge is 0.373 e. The molecule has 0 spiro atoms. The Bertz CT molecular complexity index is 435. The van der Waals surface area contributed by atoms with Crippen LogP contribution in [0.2, 0.25) is 0 Å². The molecule has 17 heavy (non-hydrogen) atoms. The van der Waals surface area contributed by atoms with Crippen molar-refractivity contribution in [2.24, 2.45) is 11.1 Å². The minimum Gasteiger partial charge on any atom is -0.373 e. The first-order valence-electron chi connectivity index (χ1n) is 5.50. The third kappa shape index (κ3) is 3.72. The topological polar surface area (TPSA) is 53.0 Å². The average Bonchev–Trinajstić information content (AvgIpc) is 2.28. The number of nitrogens with zero attached hydrogens (tertiary/aromatic N) is 2. The first kappa shape index (κ1) is 14.0. The van der Waals surface area contributed by atoms with E-state index < -0.39 is 0 Å². The highest BCUT2D eigenvalue weighted by molar-refractivity contribution is 9.10. The number of benzene rings is 1. The van der Waals surface area contributed by atoms with E-state index in [-0.39, 0.29) is 5.41 Å². The van der Waals surface area contributed by atoms with Crippen molar-refractivity contribution < 1.29 is 0 Å². The van der Waals surface area contributed by atoms with Gasteiger partial charge in [-0.25, -0.2) is 0 Å². The van der Waals surface area contributed by atoms with Gasteiger partial charge in [0.15, 0.2) is 0 Å². The Hall–Kier alpha value is -1.05. The highest BCUT2D eigenvalue weighted by atomic mass is 79.9. The first-order valence-corrected chi connectivity index (χ1v) is 6.30. The molecule has 0 aliphatic rings. The summed E-state index contributed by atoms with van der Waals surface area (Å²) in [6.45, 7) is 5.79. The predicted octanol–water partition coefficient (Wildman–Crippen LogP) is 2.74. The van der Waals surface area contributed by atoms with Crippen LogP contribution in [0.15, 0.2) is 22.7 Å². The molecule has 1 rings (SSSR count). The van der Waals surface area contributed by atoms with E-state index in [4.69, 9.17) is 11.0 Å². The van der Waals surface area contributed by atoms with Gasteiger partial charge in [0, 0.05) is 18.1 Å². The summed E-state index contributed by atoms with van der Waals surface area (Å²) >= 11 is 3.49. The molecule has 0 heterocycles. The van der Waals surface area contributed by atoms with Gasteiger partial charge in [0.05, 0.1) is 17.3 Å². The zero-order valence-corrected chi connectivity index (χ0v) is 12.1. The smallest absolute Gasteiger partial charge is 0.0992 e. The molecule has 4 heteroatoms. The molecule has 92 valence electrons. The summed E-state index contributed by atoms with van der Waals surface area (Å²) in [6, 6.07) is 7.74. The lowest BCUT2D eigenvalue weighted by molar-refractivity contribution is 0.385. The van der Waals surface area contributed by atoms with Crippen LogP contribution in [-0.4, -0.2) is 20.1 Å². The molecule has 0 amide bonds. The van der Waals surface area contributed by atoms with Crippen molar-refractivity contribution in [1.29, 1.82) is 5.26 Å². The standard InChI is InChI=1S/C13H18BrN3/c1-13(2,8-16)9-17(3)12-5-4-10(7-15)6-11(12)14/h4-6H,8-9,16H2,1-3H3. The van der Waals surface area contributed by atoms with E-state index in [2.05, 4.69) is 40.7 Å². The van der Waals surface area contributed by atoms with Gasteiger partial charge in [0.1, 0.15) is 0 Å². The Balaban J connectivity index is 2.90. The molecule has 0 saturated carbocycles. The molecule has 0 fully saturated rings. The highest BCUT2D eigenvalue weighted by Crippen LogP contribution is 2.28. The molecule has 0 saturated heterocycles. The van der Waals surface area contributed by atoms with Crippen molar-refractivity contribution in [3.63, 3.8) is 0 Å². The number of anilines is 1. The summed E-state index contributed by atoms with van der Waals surface area (Å²) in [5.41, 5.74) is 7.54. The van der Waals surface area contributed by atoms with Gasteiger partial charge in [-0.05, 0) is 46.1 Å². The van der Waals surface area contributed by atoms with Crippen LogP contribution in [0, 0.1) is 16.7 Å². The predicted molar refractivity (Wildman–Crippen MR) is 75.0 cm³/mol. The van der Waals surface area contributed by atoms with Crippen molar-refractivity contribution >= 4 is 21.6 Å². The number of hydrogen-bond acceptors (Lipinski definition) is 3. The molecule has 1 aromatic carbocycles. The maximum atomic E-state index is 8.82. The summed E-state index contributed by atoms with van der Waals surface area (Å²) < 4.78 is 0.937. The van der Waals surface area contributed by atoms with E-state index >= 15 is 0 Å². The second-order valence-electron chi connectivity index (χ2n) is 5.00. The number of nitrogens with two attached hydrogens (primary N) is 1. The molecule has 2 N–H and O–H groups in total. The number of rotatable bonds is 4. The van der Waals surface area contributed by atoms with Gasteiger partial charge in [-0.1, -0.05) is 13.8 Å². The lowest BCUT2D eigenvalue weighted by Gasteiger charge is -2.31. The van der Waals surface area contributed by atoms with Gasteiger partial charge in [0.2, 0.25) is 0 Å². The Morgan fingerprint density at radius 3 is 2.59 bits per heavy atom. The van der Waals surface area contributed by atoms with Crippen LogP contribution in [-0.2, 0) is 0 Å². The molecule has 1 aromatic rings. The van der Waals surface area contributed by atoms with Crippen molar-refractivity contribution in [2.45, 2.75) is 13.8 Å². The molecular weight excluding hydrogens is 278 g/mol. The zero-order chi connectivity index (χ0) is 13.1. The summed E-state index contributed by atoms with van der Waals surface area (Å²) in [4.78, 5) is 2.15. The van der Waals surface area contributed by atoms with Gasteiger partial charge in [-0.3, -0.25) is 0 Å². The van der Waals surface area contributed by atoms with Gasteiger partial charge in [-0.2, -0.15) is 5.26 Å².